The fraction of sp³-hybridized carbons (Fsp3) is 0.318. The Morgan fingerprint density at radius 2 is 1.87 bits per heavy atom. The number of nitrogens with zero attached hydrogens (tertiary/aromatic N) is 3. The second-order valence-electron chi connectivity index (χ2n) is 7.12. The van der Waals surface area contributed by atoms with E-state index in [4.69, 9.17) is 9.47 Å². The lowest BCUT2D eigenvalue weighted by Gasteiger charge is -2.25. The number of hydrogen-bond acceptors (Lipinski definition) is 7. The lowest BCUT2D eigenvalue weighted by atomic mass is 9.98. The smallest absolute Gasteiger partial charge is 0.295 e. The van der Waals surface area contributed by atoms with E-state index in [1.807, 2.05) is 19.0 Å². The van der Waals surface area contributed by atoms with Crippen LogP contribution in [0.5, 0.6) is 11.5 Å². The summed E-state index contributed by atoms with van der Waals surface area (Å²) in [6.45, 7) is 0.883. The SMILES string of the molecule is COc1ccc(/C(O)=C2\C(=O)C(=O)N(CCN(C)C)C2c2ccccn2)cc1OC. The largest absolute Gasteiger partial charge is 0.507 e. The molecular weight excluding hydrogens is 386 g/mol. The van der Waals surface area contributed by atoms with E-state index in [2.05, 4.69) is 4.98 Å². The molecule has 1 unspecified atom stereocenters. The van der Waals surface area contributed by atoms with Crippen molar-refractivity contribution < 1.29 is 24.2 Å². The molecule has 1 aliphatic rings. The zero-order valence-electron chi connectivity index (χ0n) is 17.5. The third-order valence-corrected chi connectivity index (χ3v) is 4.95. The number of pyridine rings is 1. The lowest BCUT2D eigenvalue weighted by molar-refractivity contribution is -0.140. The van der Waals surface area contributed by atoms with E-state index in [1.54, 1.807) is 42.6 Å². The minimum atomic E-state index is -0.778. The molecule has 0 spiro atoms. The van der Waals surface area contributed by atoms with E-state index < -0.39 is 17.7 Å². The molecule has 2 aromatic rings. The predicted molar refractivity (Wildman–Crippen MR) is 111 cm³/mol. The van der Waals surface area contributed by atoms with E-state index >= 15 is 0 Å². The first-order valence-electron chi connectivity index (χ1n) is 9.45. The summed E-state index contributed by atoms with van der Waals surface area (Å²) in [6.07, 6.45) is 1.60. The van der Waals surface area contributed by atoms with Gasteiger partial charge >= 0.3 is 0 Å². The van der Waals surface area contributed by atoms with Gasteiger partial charge < -0.3 is 24.4 Å². The summed E-state index contributed by atoms with van der Waals surface area (Å²) >= 11 is 0. The molecule has 1 atom stereocenters. The summed E-state index contributed by atoms with van der Waals surface area (Å²) in [5, 5.41) is 11.1. The molecule has 1 saturated heterocycles. The molecule has 0 bridgehead atoms. The van der Waals surface area contributed by atoms with Crippen LogP contribution in [0.3, 0.4) is 0 Å². The van der Waals surface area contributed by atoms with Gasteiger partial charge in [0.15, 0.2) is 11.5 Å². The molecule has 1 aromatic carbocycles. The standard InChI is InChI=1S/C22H25N3O5/c1-24(2)11-12-25-19(15-7-5-6-10-23-15)18(21(27)22(25)28)20(26)14-8-9-16(29-3)17(13-14)30-4/h5-10,13,19,26H,11-12H2,1-4H3/b20-18+. The van der Waals surface area contributed by atoms with Crippen LogP contribution in [0.1, 0.15) is 17.3 Å². The van der Waals surface area contributed by atoms with Crippen molar-refractivity contribution in [1.29, 1.82) is 0 Å². The van der Waals surface area contributed by atoms with Gasteiger partial charge in [0, 0.05) is 24.8 Å². The van der Waals surface area contributed by atoms with Crippen LogP contribution in [-0.4, -0.2) is 73.0 Å². The van der Waals surface area contributed by atoms with E-state index in [1.165, 1.54) is 19.1 Å². The van der Waals surface area contributed by atoms with Crippen LogP contribution in [-0.2, 0) is 9.59 Å². The number of carbonyl (C=O) groups is 2. The monoisotopic (exact) mass is 411 g/mol. The topological polar surface area (TPSA) is 92.2 Å². The number of aliphatic hydroxyl groups excluding tert-OH is 1. The van der Waals surface area contributed by atoms with Crippen molar-refractivity contribution in [3.8, 4) is 11.5 Å². The third-order valence-electron chi connectivity index (χ3n) is 4.95. The number of methoxy groups -OCH3 is 2. The number of aliphatic hydroxyl groups is 1. The van der Waals surface area contributed by atoms with Crippen molar-refractivity contribution in [3.63, 3.8) is 0 Å². The van der Waals surface area contributed by atoms with Crippen LogP contribution >= 0.6 is 0 Å². The maximum absolute atomic E-state index is 12.9. The van der Waals surface area contributed by atoms with Crippen LogP contribution in [0, 0.1) is 0 Å². The summed E-state index contributed by atoms with van der Waals surface area (Å²) in [4.78, 5) is 33.5. The number of likely N-dealkylation sites (tertiary alicyclic amines) is 1. The molecule has 1 aliphatic heterocycles. The predicted octanol–water partition coefficient (Wildman–Crippen LogP) is 2.08. The maximum Gasteiger partial charge on any atom is 0.295 e. The number of Topliss-reactive ketones (excluding diaryl/α,β-unsaturated/α-hetero) is 1. The molecule has 2 heterocycles. The van der Waals surface area contributed by atoms with Crippen molar-refractivity contribution in [3.05, 3.63) is 59.4 Å². The quantitative estimate of drug-likeness (QED) is 0.424. The van der Waals surface area contributed by atoms with Crippen molar-refractivity contribution in [2.75, 3.05) is 41.4 Å². The zero-order valence-corrected chi connectivity index (χ0v) is 17.5. The van der Waals surface area contributed by atoms with Gasteiger partial charge in [0.1, 0.15) is 11.8 Å². The van der Waals surface area contributed by atoms with E-state index in [-0.39, 0.29) is 11.3 Å². The molecule has 0 saturated carbocycles. The lowest BCUT2D eigenvalue weighted by Crippen LogP contribution is -2.35. The number of carbonyl (C=O) groups excluding carboxylic acids is 2. The molecule has 1 N–H and O–H groups in total. The van der Waals surface area contributed by atoms with Gasteiger partial charge in [0.2, 0.25) is 0 Å². The maximum atomic E-state index is 12.9. The summed E-state index contributed by atoms with van der Waals surface area (Å²) in [5.74, 6) is -0.789. The number of amides is 1. The summed E-state index contributed by atoms with van der Waals surface area (Å²) < 4.78 is 10.5. The molecule has 0 radical (unpaired) electrons. The zero-order chi connectivity index (χ0) is 21.8. The Morgan fingerprint density at radius 3 is 2.47 bits per heavy atom. The molecule has 8 nitrogen and oxygen atoms in total. The number of ketones is 1. The highest BCUT2D eigenvalue weighted by Crippen LogP contribution is 2.39. The first kappa shape index (κ1) is 21.3. The molecule has 158 valence electrons. The molecule has 0 aliphatic carbocycles. The van der Waals surface area contributed by atoms with E-state index in [0.717, 1.165) is 0 Å². The fourth-order valence-electron chi connectivity index (χ4n) is 3.40. The van der Waals surface area contributed by atoms with Crippen molar-refractivity contribution >= 4 is 17.4 Å². The Kier molecular flexibility index (Phi) is 6.37. The third kappa shape index (κ3) is 3.99. The van der Waals surface area contributed by atoms with Gasteiger partial charge in [-0.2, -0.15) is 0 Å². The minimum absolute atomic E-state index is 0.00433. The first-order valence-corrected chi connectivity index (χ1v) is 9.45. The van der Waals surface area contributed by atoms with Gasteiger partial charge in [-0.25, -0.2) is 0 Å². The molecule has 3 rings (SSSR count). The van der Waals surface area contributed by atoms with Crippen LogP contribution < -0.4 is 9.47 Å². The second-order valence-corrected chi connectivity index (χ2v) is 7.12. The van der Waals surface area contributed by atoms with Gasteiger partial charge in [-0.3, -0.25) is 14.6 Å². The Bertz CT molecular complexity index is 972. The molecular formula is C22H25N3O5. The van der Waals surface area contributed by atoms with Gasteiger partial charge in [-0.05, 0) is 44.4 Å². The first-order chi connectivity index (χ1) is 14.4. The summed E-state index contributed by atoms with van der Waals surface area (Å²) in [5.41, 5.74) is 0.862. The van der Waals surface area contributed by atoms with Crippen molar-refractivity contribution in [2.24, 2.45) is 0 Å². The number of benzene rings is 1. The number of aromatic nitrogens is 1. The van der Waals surface area contributed by atoms with Crippen molar-refractivity contribution in [2.45, 2.75) is 6.04 Å². The second kappa shape index (κ2) is 8.96. The Labute approximate surface area is 175 Å². The Hall–Kier alpha value is -3.39. The average Bonchev–Trinajstić information content (AvgIpc) is 3.01. The number of ether oxygens (including phenoxy) is 2. The van der Waals surface area contributed by atoms with Gasteiger partial charge in [0.25, 0.3) is 11.7 Å². The fourth-order valence-corrected chi connectivity index (χ4v) is 3.40. The van der Waals surface area contributed by atoms with Crippen LogP contribution in [0.15, 0.2) is 48.2 Å². The molecule has 30 heavy (non-hydrogen) atoms. The number of hydrogen-bond donors (Lipinski definition) is 1. The Balaban J connectivity index is 2.14. The number of rotatable bonds is 7. The molecule has 1 amide bonds. The van der Waals surface area contributed by atoms with Crippen molar-refractivity contribution in [1.82, 2.24) is 14.8 Å². The van der Waals surface area contributed by atoms with E-state index in [0.29, 0.717) is 35.8 Å². The normalized spacial score (nSPS) is 18.2. The van der Waals surface area contributed by atoms with Crippen LogP contribution in [0.4, 0.5) is 0 Å². The highest BCUT2D eigenvalue weighted by Gasteiger charge is 2.46. The average molecular weight is 411 g/mol. The van der Waals surface area contributed by atoms with E-state index in [9.17, 15) is 14.7 Å². The van der Waals surface area contributed by atoms with Crippen LogP contribution in [0.25, 0.3) is 5.76 Å². The highest BCUT2D eigenvalue weighted by atomic mass is 16.5. The number of likely N-dealkylation sites (N-methyl/N-ethyl adjacent to an activating group) is 1. The molecule has 1 aromatic heterocycles. The molecule has 1 fully saturated rings. The summed E-state index contributed by atoms with van der Waals surface area (Å²) in [7, 11) is 6.76. The van der Waals surface area contributed by atoms with Crippen LogP contribution in [0.2, 0.25) is 0 Å². The molecule has 8 heteroatoms. The minimum Gasteiger partial charge on any atom is -0.507 e. The summed E-state index contributed by atoms with van der Waals surface area (Å²) in [6, 6.07) is 9.30. The van der Waals surface area contributed by atoms with Gasteiger partial charge in [-0.1, -0.05) is 6.07 Å². The highest BCUT2D eigenvalue weighted by molar-refractivity contribution is 6.46. The van der Waals surface area contributed by atoms with Gasteiger partial charge in [-0.15, -0.1) is 0 Å². The van der Waals surface area contributed by atoms with Gasteiger partial charge in [0.05, 0.1) is 25.5 Å². The Morgan fingerprint density at radius 1 is 1.13 bits per heavy atom.